The van der Waals surface area contributed by atoms with Gasteiger partial charge >= 0.3 is 0 Å². The maximum Gasteiger partial charge on any atom is 0.191 e. The van der Waals surface area contributed by atoms with Gasteiger partial charge in [0.25, 0.3) is 0 Å². The molecule has 27 heavy (non-hydrogen) atoms. The molecule has 0 amide bonds. The monoisotopic (exact) mass is 378 g/mol. The fraction of sp³-hybridized carbons (Fsp3) is 0.850. The second-order valence-electron chi connectivity index (χ2n) is 7.59. The van der Waals surface area contributed by atoms with Crippen molar-refractivity contribution >= 4 is 5.96 Å². The summed E-state index contributed by atoms with van der Waals surface area (Å²) < 4.78 is 2.29. The summed E-state index contributed by atoms with van der Waals surface area (Å²) in [5.41, 5.74) is -0.698. The summed E-state index contributed by atoms with van der Waals surface area (Å²) in [4.78, 5) is 4.65. The minimum Gasteiger partial charge on any atom is -0.388 e. The third-order valence-electron chi connectivity index (χ3n) is 5.13. The Hall–Kier alpha value is -1.63. The van der Waals surface area contributed by atoms with Gasteiger partial charge in [-0.2, -0.15) is 0 Å². The molecule has 1 aliphatic heterocycles. The van der Waals surface area contributed by atoms with Gasteiger partial charge in [-0.3, -0.25) is 4.99 Å². The molecule has 7 nitrogen and oxygen atoms in total. The summed E-state index contributed by atoms with van der Waals surface area (Å²) in [5.74, 6) is 2.95. The molecular weight excluding hydrogens is 340 g/mol. The molecule has 7 heteroatoms. The average molecular weight is 379 g/mol. The first-order valence-corrected chi connectivity index (χ1v) is 10.8. The molecule has 0 unspecified atom stereocenters. The van der Waals surface area contributed by atoms with Crippen LogP contribution in [0.15, 0.2) is 4.99 Å². The van der Waals surface area contributed by atoms with Gasteiger partial charge in [0.05, 0.1) is 12.1 Å². The number of aryl methyl sites for hydroxylation is 1. The van der Waals surface area contributed by atoms with Gasteiger partial charge in [0.15, 0.2) is 5.96 Å². The highest BCUT2D eigenvalue weighted by atomic mass is 16.3. The van der Waals surface area contributed by atoms with Crippen LogP contribution in [0.3, 0.4) is 0 Å². The van der Waals surface area contributed by atoms with E-state index >= 15 is 0 Å². The highest BCUT2D eigenvalue weighted by molar-refractivity contribution is 5.79. The molecule has 0 saturated carbocycles. The molecule has 0 aromatic carbocycles. The third-order valence-corrected chi connectivity index (χ3v) is 5.13. The van der Waals surface area contributed by atoms with Crippen molar-refractivity contribution in [3.63, 3.8) is 0 Å². The molecule has 0 bridgehead atoms. The van der Waals surface area contributed by atoms with Crippen LogP contribution in [0.5, 0.6) is 0 Å². The van der Waals surface area contributed by atoms with Crippen LogP contribution < -0.4 is 10.6 Å². The predicted octanol–water partition coefficient (Wildman–Crippen LogP) is 2.43. The molecule has 154 valence electrons. The Bertz CT molecular complexity index is 577. The Morgan fingerprint density at radius 3 is 2.59 bits per heavy atom. The molecule has 2 heterocycles. The van der Waals surface area contributed by atoms with Crippen LogP contribution in [0.4, 0.5) is 0 Å². The van der Waals surface area contributed by atoms with Crippen molar-refractivity contribution in [1.82, 2.24) is 25.4 Å². The number of nitrogens with one attached hydrogen (secondary N) is 2. The fourth-order valence-electron chi connectivity index (χ4n) is 3.80. The van der Waals surface area contributed by atoms with Crippen molar-refractivity contribution in [3.05, 3.63) is 11.6 Å². The molecule has 1 aromatic heterocycles. The highest BCUT2D eigenvalue weighted by Crippen LogP contribution is 2.20. The zero-order valence-corrected chi connectivity index (χ0v) is 17.4. The van der Waals surface area contributed by atoms with Gasteiger partial charge in [-0.1, -0.05) is 33.1 Å². The molecule has 0 atom stereocenters. The Morgan fingerprint density at radius 1 is 1.11 bits per heavy atom. The molecule has 1 aromatic rings. The standard InChI is InChI=1S/C20H38N6O/c1-4-12-20(27,13-5-2)16-23-19(21-6-3)22-14-11-18-25-24-17-10-8-7-9-15-26(17)18/h27H,4-16H2,1-3H3,(H2,21,22,23). The second-order valence-corrected chi connectivity index (χ2v) is 7.59. The van der Waals surface area contributed by atoms with E-state index in [-0.39, 0.29) is 0 Å². The van der Waals surface area contributed by atoms with E-state index in [1.807, 2.05) is 0 Å². The zero-order chi connectivity index (χ0) is 19.5. The minimum atomic E-state index is -0.698. The van der Waals surface area contributed by atoms with E-state index in [1.54, 1.807) is 0 Å². The first-order chi connectivity index (χ1) is 13.1. The molecule has 2 rings (SSSR count). The fourth-order valence-corrected chi connectivity index (χ4v) is 3.80. The number of rotatable bonds is 10. The molecule has 0 fully saturated rings. The van der Waals surface area contributed by atoms with Gasteiger partial charge in [-0.15, -0.1) is 10.2 Å². The minimum absolute atomic E-state index is 0.435. The van der Waals surface area contributed by atoms with Crippen LogP contribution in [0.2, 0.25) is 0 Å². The van der Waals surface area contributed by atoms with Crippen LogP contribution in [-0.2, 0) is 19.4 Å². The molecule has 0 spiro atoms. The van der Waals surface area contributed by atoms with Crippen molar-refractivity contribution < 1.29 is 5.11 Å². The lowest BCUT2D eigenvalue weighted by atomic mass is 9.93. The Kier molecular flexibility index (Phi) is 9.04. The average Bonchev–Trinajstić information content (AvgIpc) is 2.87. The van der Waals surface area contributed by atoms with E-state index in [0.29, 0.717) is 6.54 Å². The highest BCUT2D eigenvalue weighted by Gasteiger charge is 2.24. The van der Waals surface area contributed by atoms with E-state index in [1.165, 1.54) is 19.3 Å². The number of guanidine groups is 1. The molecule has 1 aliphatic rings. The van der Waals surface area contributed by atoms with Crippen LogP contribution in [0.25, 0.3) is 0 Å². The third kappa shape index (κ3) is 6.79. The summed E-state index contributed by atoms with van der Waals surface area (Å²) in [6, 6.07) is 0. The van der Waals surface area contributed by atoms with Crippen molar-refractivity contribution in [2.45, 2.75) is 90.7 Å². The quantitative estimate of drug-likeness (QED) is 0.430. The molecule has 0 aliphatic carbocycles. The molecule has 3 N–H and O–H groups in total. The van der Waals surface area contributed by atoms with Gasteiger partial charge in [-0.25, -0.2) is 0 Å². The Balaban J connectivity index is 1.91. The molecular formula is C20H38N6O. The zero-order valence-electron chi connectivity index (χ0n) is 17.4. The van der Waals surface area contributed by atoms with E-state index in [2.05, 4.69) is 51.2 Å². The van der Waals surface area contributed by atoms with E-state index in [0.717, 1.165) is 75.8 Å². The summed E-state index contributed by atoms with van der Waals surface area (Å²) in [5, 5.41) is 26.2. The van der Waals surface area contributed by atoms with E-state index in [4.69, 9.17) is 0 Å². The first-order valence-electron chi connectivity index (χ1n) is 10.8. The Morgan fingerprint density at radius 2 is 1.89 bits per heavy atom. The number of aliphatic hydroxyl groups is 1. The lowest BCUT2D eigenvalue weighted by Crippen LogP contribution is -2.41. The van der Waals surface area contributed by atoms with Crippen LogP contribution in [0.1, 0.15) is 77.4 Å². The molecule has 0 saturated heterocycles. The maximum absolute atomic E-state index is 10.8. The van der Waals surface area contributed by atoms with Gasteiger partial charge in [0, 0.05) is 32.5 Å². The van der Waals surface area contributed by atoms with Crippen molar-refractivity contribution in [3.8, 4) is 0 Å². The van der Waals surface area contributed by atoms with Gasteiger partial charge in [-0.05, 0) is 32.6 Å². The first kappa shape index (κ1) is 21.7. The topological polar surface area (TPSA) is 87.4 Å². The van der Waals surface area contributed by atoms with Crippen molar-refractivity contribution in [2.75, 3.05) is 19.6 Å². The van der Waals surface area contributed by atoms with Gasteiger partial charge < -0.3 is 20.3 Å². The lowest BCUT2D eigenvalue weighted by molar-refractivity contribution is 0.0306. The lowest BCUT2D eigenvalue weighted by Gasteiger charge is -2.26. The van der Waals surface area contributed by atoms with E-state index < -0.39 is 5.60 Å². The largest absolute Gasteiger partial charge is 0.388 e. The van der Waals surface area contributed by atoms with Crippen LogP contribution in [0, 0.1) is 0 Å². The summed E-state index contributed by atoms with van der Waals surface area (Å²) in [7, 11) is 0. The number of aliphatic imine (C=N–C) groups is 1. The van der Waals surface area contributed by atoms with Crippen LogP contribution >= 0.6 is 0 Å². The molecule has 0 radical (unpaired) electrons. The van der Waals surface area contributed by atoms with E-state index in [9.17, 15) is 5.11 Å². The number of hydrogen-bond acceptors (Lipinski definition) is 4. The maximum atomic E-state index is 10.8. The number of aromatic nitrogens is 3. The summed E-state index contributed by atoms with van der Waals surface area (Å²) in [6.07, 6.45) is 9.07. The Labute approximate surface area is 164 Å². The van der Waals surface area contributed by atoms with Crippen molar-refractivity contribution in [1.29, 1.82) is 0 Å². The second kappa shape index (κ2) is 11.3. The van der Waals surface area contributed by atoms with Crippen molar-refractivity contribution in [2.24, 2.45) is 4.99 Å². The van der Waals surface area contributed by atoms with Gasteiger partial charge in [0.1, 0.15) is 11.6 Å². The number of hydrogen-bond donors (Lipinski definition) is 3. The summed E-state index contributed by atoms with van der Waals surface area (Å²) in [6.45, 7) is 9.29. The number of fused-ring (bicyclic) bond motifs is 1. The van der Waals surface area contributed by atoms with Crippen LogP contribution in [-0.4, -0.2) is 51.1 Å². The summed E-state index contributed by atoms with van der Waals surface area (Å²) >= 11 is 0. The number of nitrogens with zero attached hydrogens (tertiary/aromatic N) is 4. The normalized spacial score (nSPS) is 15.3. The van der Waals surface area contributed by atoms with Gasteiger partial charge in [0.2, 0.25) is 0 Å². The SMILES string of the molecule is CCCC(O)(CCC)CN=C(NCC)NCCc1nnc2n1CCCCC2. The predicted molar refractivity (Wildman–Crippen MR) is 110 cm³/mol. The smallest absolute Gasteiger partial charge is 0.191 e.